The van der Waals surface area contributed by atoms with Crippen LogP contribution >= 0.6 is 0 Å². The number of hydrogen-bond acceptors (Lipinski definition) is 5. The molecule has 1 saturated heterocycles. The van der Waals surface area contributed by atoms with Crippen LogP contribution in [0, 0.1) is 6.92 Å². The first-order chi connectivity index (χ1) is 15.2. The molecule has 0 amide bonds. The van der Waals surface area contributed by atoms with Gasteiger partial charge in [-0.25, -0.2) is 13.4 Å². The van der Waals surface area contributed by atoms with Crippen molar-refractivity contribution in [2.45, 2.75) is 51.2 Å². The van der Waals surface area contributed by atoms with Gasteiger partial charge in [0.15, 0.2) is 0 Å². The second kappa shape index (κ2) is 8.77. The number of rotatable bonds is 5. The summed E-state index contributed by atoms with van der Waals surface area (Å²) in [6.07, 6.45) is 0. The van der Waals surface area contributed by atoms with Gasteiger partial charge in [0.25, 0.3) is 5.56 Å². The molecule has 0 bridgehead atoms. The maximum absolute atomic E-state index is 13.2. The normalized spacial score (nSPS) is 19.3. The number of sulfonamides is 1. The molecule has 170 valence electrons. The average molecular weight is 455 g/mol. The summed E-state index contributed by atoms with van der Waals surface area (Å²) in [5.74, 6) is 0.721. The number of piperazine rings is 1. The van der Waals surface area contributed by atoms with Crippen molar-refractivity contribution < 1.29 is 8.42 Å². The number of hydrogen-bond donors (Lipinski definition) is 0. The van der Waals surface area contributed by atoms with Gasteiger partial charge in [0.2, 0.25) is 10.0 Å². The van der Waals surface area contributed by atoms with Crippen molar-refractivity contribution in [3.63, 3.8) is 0 Å². The average Bonchev–Trinajstić information content (AvgIpc) is 2.78. The molecule has 1 aliphatic rings. The minimum absolute atomic E-state index is 0.0337. The lowest BCUT2D eigenvalue weighted by atomic mass is 10.1. The highest BCUT2D eigenvalue weighted by molar-refractivity contribution is 7.89. The first-order valence-corrected chi connectivity index (χ1v) is 12.5. The Balaban J connectivity index is 1.60. The van der Waals surface area contributed by atoms with Crippen molar-refractivity contribution in [1.82, 2.24) is 18.8 Å². The van der Waals surface area contributed by atoms with Gasteiger partial charge in [-0.05, 0) is 52.0 Å². The number of nitrogens with zero attached hydrogens (tertiary/aromatic N) is 4. The van der Waals surface area contributed by atoms with E-state index in [1.54, 1.807) is 21.0 Å². The summed E-state index contributed by atoms with van der Waals surface area (Å²) >= 11 is 0. The van der Waals surface area contributed by atoms with Crippen LogP contribution in [-0.4, -0.2) is 52.9 Å². The summed E-state index contributed by atoms with van der Waals surface area (Å²) in [6.45, 7) is 9.94. The van der Waals surface area contributed by atoms with E-state index in [-0.39, 0.29) is 17.6 Å². The molecule has 0 radical (unpaired) electrons. The fourth-order valence-corrected chi connectivity index (χ4v) is 6.11. The summed E-state index contributed by atoms with van der Waals surface area (Å²) in [5.41, 5.74) is 1.69. The zero-order valence-corrected chi connectivity index (χ0v) is 19.8. The molecule has 0 N–H and O–H groups in total. The zero-order valence-electron chi connectivity index (χ0n) is 19.0. The Morgan fingerprint density at radius 2 is 1.78 bits per heavy atom. The topological polar surface area (TPSA) is 75.5 Å². The highest BCUT2D eigenvalue weighted by Crippen LogP contribution is 2.27. The molecule has 32 heavy (non-hydrogen) atoms. The SMILES string of the molecule is CCn1c(C(C)N2CCN(S(=O)(=O)c3ccc(C)cc3)C(C)C2)nc2ccccc2c1=O. The van der Waals surface area contributed by atoms with E-state index in [9.17, 15) is 13.2 Å². The molecule has 1 fully saturated rings. The van der Waals surface area contributed by atoms with E-state index in [0.29, 0.717) is 42.0 Å². The second-order valence-electron chi connectivity index (χ2n) is 8.49. The van der Waals surface area contributed by atoms with Crippen LogP contribution in [0.5, 0.6) is 0 Å². The van der Waals surface area contributed by atoms with E-state index in [1.807, 2.05) is 64.1 Å². The van der Waals surface area contributed by atoms with E-state index in [1.165, 1.54) is 0 Å². The Kier molecular flexibility index (Phi) is 6.20. The minimum Gasteiger partial charge on any atom is -0.295 e. The lowest BCUT2D eigenvalue weighted by molar-refractivity contribution is 0.103. The van der Waals surface area contributed by atoms with Crippen LogP contribution < -0.4 is 5.56 Å². The zero-order chi connectivity index (χ0) is 23.0. The molecule has 1 aromatic heterocycles. The molecule has 8 heteroatoms. The third-order valence-electron chi connectivity index (χ3n) is 6.35. The van der Waals surface area contributed by atoms with Crippen LogP contribution in [0.1, 0.15) is 38.2 Å². The molecule has 2 unspecified atom stereocenters. The molecule has 7 nitrogen and oxygen atoms in total. The summed E-state index contributed by atoms with van der Waals surface area (Å²) < 4.78 is 29.7. The quantitative estimate of drug-likeness (QED) is 0.592. The summed E-state index contributed by atoms with van der Waals surface area (Å²) in [6, 6.07) is 14.1. The Labute approximate surface area is 189 Å². The van der Waals surface area contributed by atoms with Crippen LogP contribution in [0.15, 0.2) is 58.2 Å². The fourth-order valence-electron chi connectivity index (χ4n) is 4.50. The molecular formula is C24H30N4O3S. The third-order valence-corrected chi connectivity index (χ3v) is 8.38. The third kappa shape index (κ3) is 3.98. The monoisotopic (exact) mass is 454 g/mol. The fraction of sp³-hybridized carbons (Fsp3) is 0.417. The van der Waals surface area contributed by atoms with Gasteiger partial charge in [-0.3, -0.25) is 14.3 Å². The van der Waals surface area contributed by atoms with Crippen molar-refractivity contribution in [2.75, 3.05) is 19.6 Å². The van der Waals surface area contributed by atoms with Crippen LogP contribution in [0.4, 0.5) is 0 Å². The smallest absolute Gasteiger partial charge is 0.261 e. The van der Waals surface area contributed by atoms with Crippen LogP contribution in [-0.2, 0) is 16.6 Å². The van der Waals surface area contributed by atoms with Gasteiger partial charge in [0.1, 0.15) is 5.82 Å². The molecule has 0 spiro atoms. The van der Waals surface area contributed by atoms with Gasteiger partial charge in [0.05, 0.1) is 21.8 Å². The number of para-hydroxylation sites is 1. The number of benzene rings is 2. The van der Waals surface area contributed by atoms with Crippen molar-refractivity contribution in [3.8, 4) is 0 Å². The predicted octanol–water partition coefficient (Wildman–Crippen LogP) is 3.18. The van der Waals surface area contributed by atoms with Gasteiger partial charge in [0, 0.05) is 32.2 Å². The molecule has 0 saturated carbocycles. The van der Waals surface area contributed by atoms with E-state index < -0.39 is 10.0 Å². The van der Waals surface area contributed by atoms with Crippen LogP contribution in [0.2, 0.25) is 0 Å². The lowest BCUT2D eigenvalue weighted by Crippen LogP contribution is -2.54. The first kappa shape index (κ1) is 22.6. The lowest BCUT2D eigenvalue weighted by Gasteiger charge is -2.41. The Morgan fingerprint density at radius 1 is 1.09 bits per heavy atom. The molecule has 1 aliphatic heterocycles. The summed E-state index contributed by atoms with van der Waals surface area (Å²) in [5, 5.41) is 0.618. The van der Waals surface area contributed by atoms with Crippen LogP contribution in [0.25, 0.3) is 10.9 Å². The van der Waals surface area contributed by atoms with Gasteiger partial charge >= 0.3 is 0 Å². The molecular weight excluding hydrogens is 424 g/mol. The molecule has 2 aromatic carbocycles. The Bertz CT molecular complexity index is 1280. The summed E-state index contributed by atoms with van der Waals surface area (Å²) in [7, 11) is -3.55. The highest BCUT2D eigenvalue weighted by atomic mass is 32.2. The maximum atomic E-state index is 13.2. The first-order valence-electron chi connectivity index (χ1n) is 11.1. The predicted molar refractivity (Wildman–Crippen MR) is 126 cm³/mol. The number of fused-ring (bicyclic) bond motifs is 1. The second-order valence-corrected chi connectivity index (χ2v) is 10.4. The maximum Gasteiger partial charge on any atom is 0.261 e. The largest absolute Gasteiger partial charge is 0.295 e. The molecule has 3 aromatic rings. The van der Waals surface area contributed by atoms with Gasteiger partial charge in [-0.15, -0.1) is 0 Å². The minimum atomic E-state index is -3.55. The van der Waals surface area contributed by atoms with E-state index in [4.69, 9.17) is 4.98 Å². The van der Waals surface area contributed by atoms with Crippen LogP contribution in [0.3, 0.4) is 0 Å². The van der Waals surface area contributed by atoms with E-state index in [0.717, 1.165) is 11.4 Å². The number of aromatic nitrogens is 2. The van der Waals surface area contributed by atoms with E-state index >= 15 is 0 Å². The standard InChI is InChI=1S/C24H30N4O3S/c1-5-27-23(25-22-9-7-6-8-21(22)24(27)29)19(4)26-14-15-28(18(3)16-26)32(30,31)20-12-10-17(2)11-13-20/h6-13,18-19H,5,14-16H2,1-4H3. The molecule has 0 aliphatic carbocycles. The molecule has 4 rings (SSSR count). The van der Waals surface area contributed by atoms with Gasteiger partial charge < -0.3 is 0 Å². The van der Waals surface area contributed by atoms with E-state index in [2.05, 4.69) is 4.90 Å². The molecule has 2 heterocycles. The van der Waals surface area contributed by atoms with Crippen molar-refractivity contribution in [3.05, 3.63) is 70.3 Å². The molecule has 2 atom stereocenters. The Morgan fingerprint density at radius 3 is 2.44 bits per heavy atom. The van der Waals surface area contributed by atoms with Gasteiger partial charge in [-0.1, -0.05) is 29.8 Å². The van der Waals surface area contributed by atoms with Gasteiger partial charge in [-0.2, -0.15) is 4.31 Å². The Hall–Kier alpha value is -2.55. The highest BCUT2D eigenvalue weighted by Gasteiger charge is 2.36. The van der Waals surface area contributed by atoms with Crippen molar-refractivity contribution in [1.29, 1.82) is 0 Å². The summed E-state index contributed by atoms with van der Waals surface area (Å²) in [4.78, 5) is 20.4. The number of aryl methyl sites for hydroxylation is 1. The van der Waals surface area contributed by atoms with Crippen molar-refractivity contribution >= 4 is 20.9 Å². The van der Waals surface area contributed by atoms with Crippen molar-refractivity contribution in [2.24, 2.45) is 0 Å².